The van der Waals surface area contributed by atoms with E-state index in [4.69, 9.17) is 0 Å². The van der Waals surface area contributed by atoms with Crippen LogP contribution in [0.25, 0.3) is 10.9 Å². The first kappa shape index (κ1) is 20.1. The smallest absolute Gasteiger partial charge is 0.256 e. The Bertz CT molecular complexity index is 1250. The van der Waals surface area contributed by atoms with Gasteiger partial charge in [-0.1, -0.05) is 18.2 Å². The lowest BCUT2D eigenvalue weighted by Gasteiger charge is -2.34. The third-order valence-electron chi connectivity index (χ3n) is 5.36. The molecule has 1 aliphatic rings. The van der Waals surface area contributed by atoms with Crippen molar-refractivity contribution < 1.29 is 9.59 Å². The molecule has 1 fully saturated rings. The molecule has 4 heterocycles. The van der Waals surface area contributed by atoms with Crippen molar-refractivity contribution in [3.8, 4) is 0 Å². The summed E-state index contributed by atoms with van der Waals surface area (Å²) in [6, 6.07) is 9.65. The Labute approximate surface area is 188 Å². The van der Waals surface area contributed by atoms with E-state index in [9.17, 15) is 9.59 Å². The molecule has 0 atom stereocenters. The second kappa shape index (κ2) is 8.75. The highest BCUT2D eigenvalue weighted by Crippen LogP contribution is 2.17. The number of hydrogen-bond acceptors (Lipinski definition) is 7. The van der Waals surface area contributed by atoms with Crippen molar-refractivity contribution in [1.82, 2.24) is 24.6 Å². The molecule has 10 heteroatoms. The molecule has 0 saturated carbocycles. The lowest BCUT2D eigenvalue weighted by molar-refractivity contribution is -0.132. The Morgan fingerprint density at radius 1 is 1.06 bits per heavy atom. The molecule has 1 aromatic carbocycles. The van der Waals surface area contributed by atoms with E-state index in [1.165, 1.54) is 11.3 Å². The molecule has 0 spiro atoms. The van der Waals surface area contributed by atoms with Crippen LogP contribution in [0.1, 0.15) is 10.4 Å². The van der Waals surface area contributed by atoms with E-state index < -0.39 is 0 Å². The number of nitrogens with one attached hydrogen (secondary N) is 1. The van der Waals surface area contributed by atoms with Gasteiger partial charge >= 0.3 is 0 Å². The van der Waals surface area contributed by atoms with Gasteiger partial charge in [0.1, 0.15) is 6.54 Å². The molecular weight excluding hydrogens is 426 g/mol. The summed E-state index contributed by atoms with van der Waals surface area (Å²) < 4.78 is 1.55. The zero-order valence-electron chi connectivity index (χ0n) is 17.2. The van der Waals surface area contributed by atoms with Gasteiger partial charge in [0, 0.05) is 49.3 Å². The van der Waals surface area contributed by atoms with Crippen molar-refractivity contribution in [2.75, 3.05) is 36.4 Å². The highest BCUT2D eigenvalue weighted by Gasteiger charge is 2.23. The van der Waals surface area contributed by atoms with E-state index in [0.29, 0.717) is 43.4 Å². The minimum Gasteiger partial charge on any atom is -0.338 e. The van der Waals surface area contributed by atoms with Gasteiger partial charge in [0.2, 0.25) is 11.9 Å². The van der Waals surface area contributed by atoms with Crippen molar-refractivity contribution >= 4 is 45.7 Å². The van der Waals surface area contributed by atoms with Crippen molar-refractivity contribution in [3.05, 3.63) is 65.2 Å². The molecule has 5 rings (SSSR count). The maximum Gasteiger partial charge on any atom is 0.256 e. The molecule has 1 N–H and O–H groups in total. The lowest BCUT2D eigenvalue weighted by atomic mass is 10.2. The van der Waals surface area contributed by atoms with Crippen LogP contribution >= 0.6 is 11.3 Å². The molecule has 1 saturated heterocycles. The first-order chi connectivity index (χ1) is 15.7. The second-order valence-electron chi connectivity index (χ2n) is 7.49. The van der Waals surface area contributed by atoms with Crippen LogP contribution in [0.4, 0.5) is 11.6 Å². The summed E-state index contributed by atoms with van der Waals surface area (Å²) in [4.78, 5) is 37.9. The Morgan fingerprint density at radius 3 is 2.72 bits per heavy atom. The zero-order chi connectivity index (χ0) is 21.9. The number of amides is 2. The molecular formula is C22H21N7O2S. The average molecular weight is 448 g/mol. The maximum atomic E-state index is 12.7. The number of fused-ring (bicyclic) bond motifs is 1. The van der Waals surface area contributed by atoms with Crippen molar-refractivity contribution in [3.63, 3.8) is 0 Å². The Hall–Kier alpha value is -3.79. The van der Waals surface area contributed by atoms with Gasteiger partial charge < -0.3 is 15.1 Å². The quantitative estimate of drug-likeness (QED) is 0.505. The highest BCUT2D eigenvalue weighted by atomic mass is 32.1. The Morgan fingerprint density at radius 2 is 1.91 bits per heavy atom. The van der Waals surface area contributed by atoms with Crippen LogP contribution in [-0.2, 0) is 11.3 Å². The summed E-state index contributed by atoms with van der Waals surface area (Å²) in [7, 11) is 0. The molecule has 1 aliphatic heterocycles. The van der Waals surface area contributed by atoms with Gasteiger partial charge in [-0.15, -0.1) is 0 Å². The molecule has 9 nitrogen and oxygen atoms in total. The van der Waals surface area contributed by atoms with Gasteiger partial charge in [0.15, 0.2) is 0 Å². The van der Waals surface area contributed by atoms with Gasteiger partial charge in [-0.2, -0.15) is 16.4 Å². The monoisotopic (exact) mass is 447 g/mol. The number of hydrogen-bond donors (Lipinski definition) is 1. The van der Waals surface area contributed by atoms with Gasteiger partial charge in [0.25, 0.3) is 5.91 Å². The van der Waals surface area contributed by atoms with Crippen LogP contribution in [0, 0.1) is 0 Å². The molecule has 0 aliphatic carbocycles. The molecule has 4 aromatic rings. The standard InChI is InChI=1S/C22H21N7O2S/c30-20(14-29-13-18(12-24-29)25-21(31)17-5-10-32-15-17)27-6-8-28(9-7-27)22-23-11-16-3-1-2-4-19(16)26-22/h1-5,10-13,15H,6-9,14H2,(H,25,31). The van der Waals surface area contributed by atoms with Crippen LogP contribution in [0.3, 0.4) is 0 Å². The third-order valence-corrected chi connectivity index (χ3v) is 6.05. The Kier molecular flexibility index (Phi) is 5.51. The fourth-order valence-corrected chi connectivity index (χ4v) is 4.26. The summed E-state index contributed by atoms with van der Waals surface area (Å²) >= 11 is 1.46. The number of anilines is 2. The summed E-state index contributed by atoms with van der Waals surface area (Å²) in [5.74, 6) is 0.487. The van der Waals surface area contributed by atoms with E-state index in [2.05, 4.69) is 25.3 Å². The van der Waals surface area contributed by atoms with E-state index >= 15 is 0 Å². The normalized spacial score (nSPS) is 14.0. The molecule has 162 valence electrons. The van der Waals surface area contributed by atoms with Crippen LogP contribution in [0.2, 0.25) is 0 Å². The number of carbonyl (C=O) groups excluding carboxylic acids is 2. The first-order valence-corrected chi connectivity index (χ1v) is 11.2. The molecule has 2 amide bonds. The number of piperazine rings is 1. The lowest BCUT2D eigenvalue weighted by Crippen LogP contribution is -2.50. The molecule has 32 heavy (non-hydrogen) atoms. The van der Waals surface area contributed by atoms with Crippen LogP contribution in [0.5, 0.6) is 0 Å². The maximum absolute atomic E-state index is 12.7. The van der Waals surface area contributed by atoms with E-state index in [-0.39, 0.29) is 18.4 Å². The van der Waals surface area contributed by atoms with Crippen LogP contribution in [-0.4, -0.2) is 62.6 Å². The summed E-state index contributed by atoms with van der Waals surface area (Å²) in [5, 5.41) is 11.6. The van der Waals surface area contributed by atoms with Gasteiger partial charge in [-0.3, -0.25) is 14.3 Å². The minimum absolute atomic E-state index is 0.0112. The minimum atomic E-state index is -0.191. The van der Waals surface area contributed by atoms with Crippen LogP contribution in [0.15, 0.2) is 59.7 Å². The number of thiophene rings is 1. The molecule has 3 aromatic heterocycles. The van der Waals surface area contributed by atoms with Crippen LogP contribution < -0.4 is 10.2 Å². The summed E-state index contributed by atoms with van der Waals surface area (Å²) in [6.07, 6.45) is 5.05. The highest BCUT2D eigenvalue weighted by molar-refractivity contribution is 7.08. The third kappa shape index (κ3) is 4.30. The number of benzene rings is 1. The number of rotatable bonds is 5. The molecule has 0 bridgehead atoms. The number of aromatic nitrogens is 4. The Balaban J connectivity index is 1.15. The average Bonchev–Trinajstić information content (AvgIpc) is 3.51. The predicted octanol–water partition coefficient (Wildman–Crippen LogP) is 2.49. The van der Waals surface area contributed by atoms with Gasteiger partial charge in [0.05, 0.1) is 23.0 Å². The number of carbonyl (C=O) groups is 2. The van der Waals surface area contributed by atoms with Crippen molar-refractivity contribution in [2.45, 2.75) is 6.54 Å². The molecule has 0 unspecified atom stereocenters. The summed E-state index contributed by atoms with van der Waals surface area (Å²) in [6.45, 7) is 2.66. The topological polar surface area (TPSA) is 96.2 Å². The van der Waals surface area contributed by atoms with E-state index in [1.807, 2.05) is 40.7 Å². The van der Waals surface area contributed by atoms with Gasteiger partial charge in [-0.05, 0) is 17.5 Å². The van der Waals surface area contributed by atoms with E-state index in [1.54, 1.807) is 28.5 Å². The predicted molar refractivity (Wildman–Crippen MR) is 123 cm³/mol. The second-order valence-corrected chi connectivity index (χ2v) is 8.27. The van der Waals surface area contributed by atoms with E-state index in [0.717, 1.165) is 10.9 Å². The SMILES string of the molecule is O=C(Nc1cnn(CC(=O)N2CCN(c3ncc4ccccc4n3)CC2)c1)c1ccsc1. The fraction of sp³-hybridized carbons (Fsp3) is 0.227. The first-order valence-electron chi connectivity index (χ1n) is 10.3. The zero-order valence-corrected chi connectivity index (χ0v) is 18.0. The fourth-order valence-electron chi connectivity index (χ4n) is 3.62. The summed E-state index contributed by atoms with van der Waals surface area (Å²) in [5.41, 5.74) is 2.08. The number of para-hydroxylation sites is 1. The van der Waals surface area contributed by atoms with Gasteiger partial charge in [-0.25, -0.2) is 9.97 Å². The van der Waals surface area contributed by atoms with Crippen molar-refractivity contribution in [1.29, 1.82) is 0 Å². The largest absolute Gasteiger partial charge is 0.338 e. The molecule has 0 radical (unpaired) electrons. The van der Waals surface area contributed by atoms with Crippen molar-refractivity contribution in [2.24, 2.45) is 0 Å². The number of nitrogens with zero attached hydrogens (tertiary/aromatic N) is 6.